The predicted molar refractivity (Wildman–Crippen MR) is 131 cm³/mol. The van der Waals surface area contributed by atoms with Crippen molar-refractivity contribution in [3.8, 4) is 11.5 Å². The fourth-order valence-corrected chi connectivity index (χ4v) is 4.46. The van der Waals surface area contributed by atoms with E-state index in [1.54, 1.807) is 30.3 Å². The van der Waals surface area contributed by atoms with Crippen LogP contribution >= 0.6 is 22.9 Å². The molecule has 0 aliphatic carbocycles. The number of hydrogen-bond acceptors (Lipinski definition) is 6. The molecule has 1 N–H and O–H groups in total. The van der Waals surface area contributed by atoms with E-state index < -0.39 is 5.97 Å². The minimum atomic E-state index is -0.564. The van der Waals surface area contributed by atoms with E-state index in [0.717, 1.165) is 15.6 Å². The Kier molecular flexibility index (Phi) is 6.72. The maximum Gasteiger partial charge on any atom is 0.355 e. The van der Waals surface area contributed by atoms with E-state index in [1.165, 1.54) is 24.7 Å². The summed E-state index contributed by atoms with van der Waals surface area (Å²) in [5, 5.41) is 5.16. The Bertz CT molecular complexity index is 1360. The monoisotopic (exact) mass is 478 g/mol. The van der Waals surface area contributed by atoms with Crippen molar-refractivity contribution in [3.05, 3.63) is 93.3 Å². The first kappa shape index (κ1) is 22.5. The van der Waals surface area contributed by atoms with Crippen molar-refractivity contribution in [2.45, 2.75) is 6.92 Å². The molecule has 1 aromatic heterocycles. The van der Waals surface area contributed by atoms with Crippen LogP contribution in [0.1, 0.15) is 31.2 Å². The number of thiophene rings is 1. The number of nitrogens with one attached hydrogen (secondary N) is 1. The van der Waals surface area contributed by atoms with Gasteiger partial charge in [-0.2, -0.15) is 5.10 Å². The summed E-state index contributed by atoms with van der Waals surface area (Å²) in [6, 6.07) is 19.6. The van der Waals surface area contributed by atoms with Gasteiger partial charge < -0.3 is 9.47 Å². The van der Waals surface area contributed by atoms with Crippen molar-refractivity contribution in [2.24, 2.45) is 5.10 Å². The highest BCUT2D eigenvalue weighted by atomic mass is 35.5. The Morgan fingerprint density at radius 2 is 1.79 bits per heavy atom. The van der Waals surface area contributed by atoms with Crippen molar-refractivity contribution < 1.29 is 19.1 Å². The summed E-state index contributed by atoms with van der Waals surface area (Å²) in [4.78, 5) is 25.2. The number of aryl methyl sites for hydroxylation is 1. The van der Waals surface area contributed by atoms with E-state index in [0.29, 0.717) is 26.8 Å². The van der Waals surface area contributed by atoms with Crippen LogP contribution in [0.5, 0.6) is 11.5 Å². The van der Waals surface area contributed by atoms with Crippen LogP contribution in [-0.2, 0) is 0 Å². The van der Waals surface area contributed by atoms with Crippen molar-refractivity contribution in [1.29, 1.82) is 0 Å². The largest absolute Gasteiger partial charge is 0.493 e. The second kappa shape index (κ2) is 9.85. The first-order chi connectivity index (χ1) is 16.0. The average molecular weight is 479 g/mol. The number of amides is 1. The van der Waals surface area contributed by atoms with E-state index in [9.17, 15) is 9.59 Å². The van der Waals surface area contributed by atoms with Crippen molar-refractivity contribution in [3.63, 3.8) is 0 Å². The van der Waals surface area contributed by atoms with Crippen LogP contribution in [0.25, 0.3) is 10.1 Å². The predicted octanol–water partition coefficient (Wildman–Crippen LogP) is 5.85. The lowest BCUT2D eigenvalue weighted by Crippen LogP contribution is -2.17. The molecule has 166 valence electrons. The van der Waals surface area contributed by atoms with Gasteiger partial charge in [0, 0.05) is 15.6 Å². The van der Waals surface area contributed by atoms with Crippen molar-refractivity contribution in [1.82, 2.24) is 5.43 Å². The average Bonchev–Trinajstić information content (AvgIpc) is 3.17. The smallest absolute Gasteiger partial charge is 0.355 e. The van der Waals surface area contributed by atoms with Crippen LogP contribution in [0, 0.1) is 6.92 Å². The van der Waals surface area contributed by atoms with Crippen molar-refractivity contribution in [2.75, 3.05) is 7.11 Å². The van der Waals surface area contributed by atoms with Gasteiger partial charge in [0.05, 0.1) is 18.3 Å². The summed E-state index contributed by atoms with van der Waals surface area (Å²) in [6.45, 7) is 1.95. The number of esters is 1. The van der Waals surface area contributed by atoms with Gasteiger partial charge in [-0.1, -0.05) is 47.5 Å². The number of ether oxygens (including phenoxy) is 2. The maximum atomic E-state index is 12.7. The molecule has 0 aliphatic heterocycles. The Hall–Kier alpha value is -3.68. The molecule has 8 heteroatoms. The summed E-state index contributed by atoms with van der Waals surface area (Å²) < 4.78 is 11.8. The molecule has 4 rings (SSSR count). The molecule has 0 radical (unpaired) electrons. The topological polar surface area (TPSA) is 77.0 Å². The SMILES string of the molecule is COc1cc(C=NNC(=O)c2ccc(C)cc2)ccc1OC(=O)c1sc2ccccc2c1Cl. The molecule has 0 atom stereocenters. The van der Waals surface area contributed by atoms with Crippen LogP contribution in [0.15, 0.2) is 71.8 Å². The molecular weight excluding hydrogens is 460 g/mol. The fourth-order valence-electron chi connectivity index (χ4n) is 3.08. The van der Waals surface area contributed by atoms with E-state index in [-0.39, 0.29) is 11.7 Å². The summed E-state index contributed by atoms with van der Waals surface area (Å²) >= 11 is 7.65. The summed E-state index contributed by atoms with van der Waals surface area (Å²) in [5.41, 5.74) is 4.71. The summed E-state index contributed by atoms with van der Waals surface area (Å²) in [7, 11) is 1.47. The zero-order valence-corrected chi connectivity index (χ0v) is 19.4. The van der Waals surface area contributed by atoms with Crippen LogP contribution in [0.2, 0.25) is 5.02 Å². The Morgan fingerprint density at radius 3 is 2.52 bits per heavy atom. The van der Waals surface area contributed by atoms with Crippen molar-refractivity contribution >= 4 is 51.1 Å². The lowest BCUT2D eigenvalue weighted by molar-refractivity contribution is 0.0734. The number of carbonyl (C=O) groups is 2. The van der Waals surface area contributed by atoms with Crippen LogP contribution in [0.3, 0.4) is 0 Å². The first-order valence-corrected chi connectivity index (χ1v) is 11.1. The Balaban J connectivity index is 1.46. The number of halogens is 1. The third-order valence-corrected chi connectivity index (χ3v) is 6.46. The molecule has 0 saturated heterocycles. The standard InChI is InChI=1S/C25H19ClN2O4S/c1-15-7-10-17(11-8-15)24(29)28-27-14-16-9-12-19(20(13-16)31-2)32-25(30)23-22(26)18-5-3-4-6-21(18)33-23/h3-14H,1-2H3,(H,28,29). The molecule has 33 heavy (non-hydrogen) atoms. The number of hydrogen-bond donors (Lipinski definition) is 1. The van der Waals surface area contributed by atoms with E-state index in [1.807, 2.05) is 43.3 Å². The third-order valence-electron chi connectivity index (χ3n) is 4.80. The zero-order valence-electron chi connectivity index (χ0n) is 17.8. The van der Waals surface area contributed by atoms with E-state index in [2.05, 4.69) is 10.5 Å². The molecule has 3 aromatic carbocycles. The number of rotatable bonds is 6. The molecule has 6 nitrogen and oxygen atoms in total. The third kappa shape index (κ3) is 5.05. The Labute approximate surface area is 199 Å². The van der Waals surface area contributed by atoms with Gasteiger partial charge in [-0.25, -0.2) is 10.2 Å². The molecule has 0 saturated carbocycles. The van der Waals surface area contributed by atoms with Gasteiger partial charge in [0.2, 0.25) is 0 Å². The van der Waals surface area contributed by atoms with Gasteiger partial charge in [0.1, 0.15) is 4.88 Å². The lowest BCUT2D eigenvalue weighted by atomic mass is 10.1. The second-order valence-electron chi connectivity index (χ2n) is 7.11. The van der Waals surface area contributed by atoms with Crippen LogP contribution in [-0.4, -0.2) is 25.2 Å². The number of benzene rings is 3. The molecule has 0 fully saturated rings. The molecule has 0 spiro atoms. The first-order valence-electron chi connectivity index (χ1n) is 9.93. The molecule has 4 aromatic rings. The maximum absolute atomic E-state index is 12.7. The van der Waals surface area contributed by atoms with Gasteiger partial charge >= 0.3 is 5.97 Å². The molecule has 0 bridgehead atoms. The number of hydrazone groups is 1. The highest BCUT2D eigenvalue weighted by Crippen LogP contribution is 2.36. The Morgan fingerprint density at radius 1 is 1.03 bits per heavy atom. The van der Waals surface area contributed by atoms with Gasteiger partial charge in [0.15, 0.2) is 11.5 Å². The minimum absolute atomic E-state index is 0.247. The lowest BCUT2D eigenvalue weighted by Gasteiger charge is -2.09. The van der Waals surface area contributed by atoms with Gasteiger partial charge in [-0.05, 0) is 48.9 Å². The highest BCUT2D eigenvalue weighted by Gasteiger charge is 2.20. The summed E-state index contributed by atoms with van der Waals surface area (Å²) in [6.07, 6.45) is 1.48. The van der Waals surface area contributed by atoms with Gasteiger partial charge in [0.25, 0.3) is 5.91 Å². The normalized spacial score (nSPS) is 11.0. The van der Waals surface area contributed by atoms with Crippen LogP contribution < -0.4 is 14.9 Å². The zero-order chi connectivity index (χ0) is 23.4. The second-order valence-corrected chi connectivity index (χ2v) is 8.54. The number of nitrogens with zero attached hydrogens (tertiary/aromatic N) is 1. The quantitative estimate of drug-likeness (QED) is 0.163. The highest BCUT2D eigenvalue weighted by molar-refractivity contribution is 7.21. The van der Waals surface area contributed by atoms with E-state index in [4.69, 9.17) is 21.1 Å². The van der Waals surface area contributed by atoms with E-state index >= 15 is 0 Å². The molecule has 1 amide bonds. The molecule has 0 unspecified atom stereocenters. The summed E-state index contributed by atoms with van der Waals surface area (Å²) in [5.74, 6) is -0.290. The molecule has 0 aliphatic rings. The number of methoxy groups -OCH3 is 1. The van der Waals surface area contributed by atoms with Gasteiger partial charge in [-0.15, -0.1) is 11.3 Å². The fraction of sp³-hybridized carbons (Fsp3) is 0.0800. The number of fused-ring (bicyclic) bond motifs is 1. The minimum Gasteiger partial charge on any atom is -0.493 e. The number of carbonyl (C=O) groups excluding carboxylic acids is 2. The van der Waals surface area contributed by atoms with Crippen LogP contribution in [0.4, 0.5) is 0 Å². The molecule has 1 heterocycles. The van der Waals surface area contributed by atoms with Gasteiger partial charge in [-0.3, -0.25) is 4.79 Å². The molecular formula is C25H19ClN2O4S.